The first-order valence-corrected chi connectivity index (χ1v) is 6.43. The first-order valence-electron chi connectivity index (χ1n) is 6.43. The van der Waals surface area contributed by atoms with Gasteiger partial charge in [-0.2, -0.15) is 10.1 Å². The highest BCUT2D eigenvalue weighted by Crippen LogP contribution is 2.13. The second kappa shape index (κ2) is 6.69. The number of likely N-dealkylation sites (N-methyl/N-ethyl adjacent to an activating group) is 1. The molecular weight excluding hydrogens is 274 g/mol. The maximum absolute atomic E-state index is 11.5. The van der Waals surface area contributed by atoms with Crippen molar-refractivity contribution in [3.8, 4) is 11.6 Å². The fourth-order valence-electron chi connectivity index (χ4n) is 1.66. The highest BCUT2D eigenvalue weighted by Gasteiger charge is 2.12. The van der Waals surface area contributed by atoms with Crippen molar-refractivity contribution in [2.45, 2.75) is 6.92 Å². The predicted molar refractivity (Wildman–Crippen MR) is 75.6 cm³/mol. The SMILES string of the molecule is CCOC(=O)CN(C)c1nccc(-n2cc(OC)cn2)n1. The van der Waals surface area contributed by atoms with Crippen LogP contribution in [0, 0.1) is 0 Å². The molecule has 0 saturated carbocycles. The van der Waals surface area contributed by atoms with Crippen molar-refractivity contribution in [3.05, 3.63) is 24.7 Å². The van der Waals surface area contributed by atoms with Gasteiger partial charge in [0.2, 0.25) is 5.95 Å². The van der Waals surface area contributed by atoms with Gasteiger partial charge in [-0.25, -0.2) is 9.67 Å². The van der Waals surface area contributed by atoms with Crippen molar-refractivity contribution >= 4 is 11.9 Å². The Balaban J connectivity index is 2.15. The van der Waals surface area contributed by atoms with Gasteiger partial charge in [-0.05, 0) is 6.92 Å². The third-order valence-corrected chi connectivity index (χ3v) is 2.67. The van der Waals surface area contributed by atoms with E-state index in [1.807, 2.05) is 0 Å². The number of hydrogen-bond acceptors (Lipinski definition) is 7. The molecule has 0 saturated heterocycles. The van der Waals surface area contributed by atoms with E-state index in [0.29, 0.717) is 24.1 Å². The molecule has 0 radical (unpaired) electrons. The second-order valence-corrected chi connectivity index (χ2v) is 4.20. The van der Waals surface area contributed by atoms with E-state index in [1.54, 1.807) is 55.3 Å². The Morgan fingerprint density at radius 3 is 2.95 bits per heavy atom. The van der Waals surface area contributed by atoms with E-state index in [2.05, 4.69) is 15.1 Å². The fourth-order valence-corrected chi connectivity index (χ4v) is 1.66. The number of esters is 1. The molecule has 0 N–H and O–H groups in total. The van der Waals surface area contributed by atoms with Gasteiger partial charge >= 0.3 is 5.97 Å². The molecule has 2 aromatic heterocycles. The average molecular weight is 291 g/mol. The van der Waals surface area contributed by atoms with Gasteiger partial charge in [0.25, 0.3) is 0 Å². The van der Waals surface area contributed by atoms with Gasteiger partial charge in [0, 0.05) is 19.3 Å². The van der Waals surface area contributed by atoms with Crippen LogP contribution in [0.3, 0.4) is 0 Å². The molecule has 0 atom stereocenters. The minimum absolute atomic E-state index is 0.0831. The molecule has 0 bridgehead atoms. The zero-order chi connectivity index (χ0) is 15.2. The van der Waals surface area contributed by atoms with Gasteiger partial charge < -0.3 is 14.4 Å². The molecule has 0 aromatic carbocycles. The first-order chi connectivity index (χ1) is 10.1. The number of methoxy groups -OCH3 is 1. The second-order valence-electron chi connectivity index (χ2n) is 4.20. The van der Waals surface area contributed by atoms with Crippen LogP contribution in [0.1, 0.15) is 6.92 Å². The Bertz CT molecular complexity index is 613. The van der Waals surface area contributed by atoms with Gasteiger partial charge in [0.05, 0.1) is 26.1 Å². The smallest absolute Gasteiger partial charge is 0.325 e. The van der Waals surface area contributed by atoms with Crippen molar-refractivity contribution in [3.63, 3.8) is 0 Å². The van der Waals surface area contributed by atoms with Crippen LogP contribution in [0.4, 0.5) is 5.95 Å². The van der Waals surface area contributed by atoms with E-state index in [4.69, 9.17) is 9.47 Å². The molecule has 0 aliphatic rings. The van der Waals surface area contributed by atoms with E-state index >= 15 is 0 Å². The normalized spacial score (nSPS) is 10.2. The lowest BCUT2D eigenvalue weighted by molar-refractivity contribution is -0.141. The molecule has 0 aliphatic heterocycles. The third-order valence-electron chi connectivity index (χ3n) is 2.67. The largest absolute Gasteiger partial charge is 0.493 e. The Morgan fingerprint density at radius 2 is 2.29 bits per heavy atom. The summed E-state index contributed by atoms with van der Waals surface area (Å²) in [7, 11) is 3.29. The summed E-state index contributed by atoms with van der Waals surface area (Å²) >= 11 is 0. The number of hydrogen-bond donors (Lipinski definition) is 0. The molecule has 0 amide bonds. The van der Waals surface area contributed by atoms with Gasteiger partial charge in [0.15, 0.2) is 11.6 Å². The van der Waals surface area contributed by atoms with Crippen molar-refractivity contribution in [1.29, 1.82) is 0 Å². The predicted octanol–water partition coefficient (Wildman–Crippen LogP) is 0.670. The minimum atomic E-state index is -0.324. The van der Waals surface area contributed by atoms with Gasteiger partial charge in [-0.1, -0.05) is 0 Å². The van der Waals surface area contributed by atoms with E-state index in [-0.39, 0.29) is 12.5 Å². The molecule has 2 rings (SSSR count). The van der Waals surface area contributed by atoms with Crippen LogP contribution in [0.15, 0.2) is 24.7 Å². The van der Waals surface area contributed by atoms with Gasteiger partial charge in [-0.3, -0.25) is 4.79 Å². The van der Waals surface area contributed by atoms with E-state index in [9.17, 15) is 4.79 Å². The maximum Gasteiger partial charge on any atom is 0.325 e. The van der Waals surface area contributed by atoms with E-state index < -0.39 is 0 Å². The summed E-state index contributed by atoms with van der Waals surface area (Å²) in [6.45, 7) is 2.19. The molecule has 8 nitrogen and oxygen atoms in total. The molecular formula is C13H17N5O3. The summed E-state index contributed by atoms with van der Waals surface area (Å²) in [6.07, 6.45) is 4.90. The van der Waals surface area contributed by atoms with Gasteiger partial charge in [-0.15, -0.1) is 0 Å². The summed E-state index contributed by atoms with van der Waals surface area (Å²) < 4.78 is 11.5. The lowest BCUT2D eigenvalue weighted by Crippen LogP contribution is -2.28. The Labute approximate surface area is 122 Å². The summed E-state index contributed by atoms with van der Waals surface area (Å²) in [5.74, 6) is 1.30. The molecule has 0 unspecified atom stereocenters. The van der Waals surface area contributed by atoms with Gasteiger partial charge in [0.1, 0.15) is 6.54 Å². The van der Waals surface area contributed by atoms with Crippen LogP contribution in [0.25, 0.3) is 5.82 Å². The standard InChI is InChI=1S/C13H17N5O3/c1-4-21-12(19)9-17(2)13-14-6-5-11(16-13)18-8-10(20-3)7-15-18/h5-8H,4,9H2,1-3H3. The lowest BCUT2D eigenvalue weighted by Gasteiger charge is -2.16. The van der Waals surface area contributed by atoms with Crippen molar-refractivity contribution in [2.24, 2.45) is 0 Å². The minimum Gasteiger partial charge on any atom is -0.493 e. The number of ether oxygens (including phenoxy) is 2. The van der Waals surface area contributed by atoms with Crippen molar-refractivity contribution in [1.82, 2.24) is 19.7 Å². The van der Waals surface area contributed by atoms with E-state index in [0.717, 1.165) is 0 Å². The number of aromatic nitrogens is 4. The number of carbonyl (C=O) groups is 1. The molecule has 8 heteroatoms. The van der Waals surface area contributed by atoms with Crippen molar-refractivity contribution < 1.29 is 14.3 Å². The molecule has 2 heterocycles. The monoisotopic (exact) mass is 291 g/mol. The zero-order valence-electron chi connectivity index (χ0n) is 12.2. The van der Waals surface area contributed by atoms with Crippen molar-refractivity contribution in [2.75, 3.05) is 32.2 Å². The van der Waals surface area contributed by atoms with E-state index in [1.165, 1.54) is 0 Å². The molecule has 21 heavy (non-hydrogen) atoms. The Hall–Kier alpha value is -2.64. The van der Waals surface area contributed by atoms with Crippen LogP contribution in [0.5, 0.6) is 5.75 Å². The number of rotatable bonds is 6. The number of carbonyl (C=O) groups excluding carboxylic acids is 1. The quantitative estimate of drug-likeness (QED) is 0.723. The van der Waals surface area contributed by atoms with Crippen LogP contribution < -0.4 is 9.64 Å². The topological polar surface area (TPSA) is 82.4 Å². The molecule has 112 valence electrons. The van der Waals surface area contributed by atoms with Crippen LogP contribution in [-0.2, 0) is 9.53 Å². The number of nitrogens with zero attached hydrogens (tertiary/aromatic N) is 5. The number of anilines is 1. The summed E-state index contributed by atoms with van der Waals surface area (Å²) in [5, 5.41) is 4.14. The zero-order valence-corrected chi connectivity index (χ0v) is 12.2. The van der Waals surface area contributed by atoms with Crippen LogP contribution in [-0.4, -0.2) is 53.0 Å². The average Bonchev–Trinajstić information content (AvgIpc) is 2.96. The Kier molecular flexibility index (Phi) is 4.70. The maximum atomic E-state index is 11.5. The summed E-state index contributed by atoms with van der Waals surface area (Å²) in [4.78, 5) is 21.6. The highest BCUT2D eigenvalue weighted by atomic mass is 16.5. The summed E-state index contributed by atoms with van der Waals surface area (Å²) in [5.41, 5.74) is 0. The van der Waals surface area contributed by atoms with Crippen LogP contribution >= 0.6 is 0 Å². The fraction of sp³-hybridized carbons (Fsp3) is 0.385. The van der Waals surface area contributed by atoms with Crippen LogP contribution in [0.2, 0.25) is 0 Å². The lowest BCUT2D eigenvalue weighted by atomic mass is 10.5. The molecule has 0 fully saturated rings. The first kappa shape index (κ1) is 14.8. The highest BCUT2D eigenvalue weighted by molar-refractivity contribution is 5.74. The Morgan fingerprint density at radius 1 is 1.48 bits per heavy atom. The molecule has 2 aromatic rings. The molecule has 0 spiro atoms. The molecule has 0 aliphatic carbocycles. The third kappa shape index (κ3) is 3.68. The summed E-state index contributed by atoms with van der Waals surface area (Å²) in [6, 6.07) is 1.72.